The molecule has 4 heterocycles. The zero-order chi connectivity index (χ0) is 22.8. The van der Waals surface area contributed by atoms with Crippen LogP contribution in [0.4, 0.5) is 0 Å². The number of thiophene rings is 1. The molecular weight excluding hydrogens is 434 g/mol. The van der Waals surface area contributed by atoms with E-state index in [4.69, 9.17) is 4.42 Å². The molecule has 6 nitrogen and oxygen atoms in total. The van der Waals surface area contributed by atoms with E-state index >= 15 is 0 Å². The fourth-order valence-electron chi connectivity index (χ4n) is 5.00. The molecule has 0 spiro atoms. The average molecular weight is 464 g/mol. The Morgan fingerprint density at radius 2 is 1.79 bits per heavy atom. The van der Waals surface area contributed by atoms with Gasteiger partial charge in [0, 0.05) is 37.6 Å². The van der Waals surface area contributed by atoms with Gasteiger partial charge in [0.15, 0.2) is 5.76 Å². The lowest BCUT2D eigenvalue weighted by atomic mass is 9.90. The number of hydrogen-bond donors (Lipinski definition) is 0. The SMILES string of the molecule is Cc1ccccc1[C@@H]1c2ccsc2CCN1CC(=O)N1CCCN(C(=O)c2ccco2)CC1. The molecule has 0 unspecified atom stereocenters. The van der Waals surface area contributed by atoms with E-state index in [0.717, 1.165) is 19.4 Å². The molecule has 1 atom stereocenters. The van der Waals surface area contributed by atoms with E-state index in [1.807, 2.05) is 16.2 Å². The van der Waals surface area contributed by atoms with Crippen LogP contribution >= 0.6 is 11.3 Å². The first-order valence-corrected chi connectivity index (χ1v) is 12.5. The number of carbonyl (C=O) groups is 2. The van der Waals surface area contributed by atoms with Gasteiger partial charge in [-0.3, -0.25) is 14.5 Å². The lowest BCUT2D eigenvalue weighted by molar-refractivity contribution is -0.132. The lowest BCUT2D eigenvalue weighted by Gasteiger charge is -2.37. The number of benzene rings is 1. The molecule has 1 fully saturated rings. The molecule has 0 saturated carbocycles. The number of hydrogen-bond acceptors (Lipinski definition) is 5. The minimum absolute atomic E-state index is 0.102. The molecule has 0 radical (unpaired) electrons. The van der Waals surface area contributed by atoms with Crippen molar-refractivity contribution in [2.75, 3.05) is 39.3 Å². The van der Waals surface area contributed by atoms with Gasteiger partial charge in [-0.1, -0.05) is 24.3 Å². The van der Waals surface area contributed by atoms with E-state index in [1.54, 1.807) is 17.0 Å². The van der Waals surface area contributed by atoms with Gasteiger partial charge >= 0.3 is 0 Å². The van der Waals surface area contributed by atoms with Gasteiger partial charge in [0.05, 0.1) is 18.8 Å². The second-order valence-corrected chi connectivity index (χ2v) is 9.78. The third-order valence-electron chi connectivity index (χ3n) is 6.75. The zero-order valence-electron chi connectivity index (χ0n) is 18.9. The van der Waals surface area contributed by atoms with Crippen molar-refractivity contribution in [3.8, 4) is 0 Å². The van der Waals surface area contributed by atoms with Crippen molar-refractivity contribution in [2.45, 2.75) is 25.8 Å². The lowest BCUT2D eigenvalue weighted by Crippen LogP contribution is -2.45. The number of fused-ring (bicyclic) bond motifs is 1. The van der Waals surface area contributed by atoms with Gasteiger partial charge in [0.2, 0.25) is 5.91 Å². The Hall–Kier alpha value is -2.90. The standard InChI is InChI=1S/C26H29N3O3S/c1-19-6-2-3-7-20(19)25-21-10-17-33-23(21)9-13-29(25)18-24(30)27-11-5-12-28(15-14-27)26(31)22-8-4-16-32-22/h2-4,6-8,10,16-17,25H,5,9,11-15,18H2,1H3/t25-/m1/s1. The monoisotopic (exact) mass is 463 g/mol. The van der Waals surface area contributed by atoms with E-state index in [2.05, 4.69) is 47.5 Å². The Labute approximate surface area is 198 Å². The summed E-state index contributed by atoms with van der Waals surface area (Å²) in [5, 5.41) is 2.17. The van der Waals surface area contributed by atoms with Crippen molar-refractivity contribution in [3.05, 3.63) is 81.4 Å². The van der Waals surface area contributed by atoms with Crippen LogP contribution in [-0.4, -0.2) is 65.8 Å². The molecular formula is C26H29N3O3S. The summed E-state index contributed by atoms with van der Waals surface area (Å²) >= 11 is 1.82. The molecule has 1 aromatic carbocycles. The third-order valence-corrected chi connectivity index (χ3v) is 7.75. The Balaban J connectivity index is 1.29. The van der Waals surface area contributed by atoms with Gasteiger partial charge < -0.3 is 14.2 Å². The van der Waals surface area contributed by atoms with Crippen LogP contribution in [0.3, 0.4) is 0 Å². The first-order chi connectivity index (χ1) is 16.1. The third kappa shape index (κ3) is 4.48. The Morgan fingerprint density at radius 3 is 2.61 bits per heavy atom. The smallest absolute Gasteiger partial charge is 0.289 e. The molecule has 0 aliphatic carbocycles. The number of carbonyl (C=O) groups excluding carboxylic acids is 2. The van der Waals surface area contributed by atoms with Crippen molar-refractivity contribution < 1.29 is 14.0 Å². The van der Waals surface area contributed by atoms with Crippen LogP contribution in [0.2, 0.25) is 0 Å². The maximum atomic E-state index is 13.4. The number of amides is 2. The number of furan rings is 1. The van der Waals surface area contributed by atoms with Crippen LogP contribution in [0, 0.1) is 6.92 Å². The maximum Gasteiger partial charge on any atom is 0.289 e. The second-order valence-electron chi connectivity index (χ2n) is 8.78. The first kappa shape index (κ1) is 21.9. The molecule has 0 N–H and O–H groups in total. The summed E-state index contributed by atoms with van der Waals surface area (Å²) in [6.07, 6.45) is 3.27. The van der Waals surface area contributed by atoms with E-state index in [0.29, 0.717) is 38.5 Å². The molecule has 2 amide bonds. The van der Waals surface area contributed by atoms with Crippen LogP contribution in [0.5, 0.6) is 0 Å². The van der Waals surface area contributed by atoms with Gasteiger partial charge in [-0.25, -0.2) is 0 Å². The molecule has 2 aliphatic rings. The zero-order valence-corrected chi connectivity index (χ0v) is 19.7. The summed E-state index contributed by atoms with van der Waals surface area (Å²) in [4.78, 5) is 33.5. The van der Waals surface area contributed by atoms with Crippen LogP contribution in [0.1, 0.15) is 44.6 Å². The summed E-state index contributed by atoms with van der Waals surface area (Å²) in [6, 6.07) is 14.2. The van der Waals surface area contributed by atoms with Crippen molar-refractivity contribution in [1.29, 1.82) is 0 Å². The highest BCUT2D eigenvalue weighted by Crippen LogP contribution is 2.38. The average Bonchev–Trinajstić information content (AvgIpc) is 3.47. The fourth-order valence-corrected chi connectivity index (χ4v) is 5.90. The molecule has 5 rings (SSSR count). The Morgan fingerprint density at radius 1 is 0.970 bits per heavy atom. The molecule has 2 aliphatic heterocycles. The summed E-state index contributed by atoms with van der Waals surface area (Å²) < 4.78 is 5.27. The van der Waals surface area contributed by atoms with E-state index in [-0.39, 0.29) is 17.9 Å². The normalized spacial score (nSPS) is 19.2. The maximum absolute atomic E-state index is 13.4. The molecule has 33 heavy (non-hydrogen) atoms. The van der Waals surface area contributed by atoms with Crippen molar-refractivity contribution >= 4 is 23.2 Å². The minimum Gasteiger partial charge on any atom is -0.459 e. The number of nitrogens with zero attached hydrogens (tertiary/aromatic N) is 3. The Kier molecular flexibility index (Phi) is 6.33. The van der Waals surface area contributed by atoms with Gasteiger partial charge in [-0.05, 0) is 60.0 Å². The molecule has 3 aromatic rings. The highest BCUT2D eigenvalue weighted by Gasteiger charge is 2.33. The highest BCUT2D eigenvalue weighted by atomic mass is 32.1. The van der Waals surface area contributed by atoms with Crippen LogP contribution in [0.15, 0.2) is 58.5 Å². The van der Waals surface area contributed by atoms with E-state index < -0.39 is 0 Å². The molecule has 0 bridgehead atoms. The van der Waals surface area contributed by atoms with Crippen molar-refractivity contribution in [1.82, 2.24) is 14.7 Å². The molecule has 2 aromatic heterocycles. The minimum atomic E-state index is -0.102. The van der Waals surface area contributed by atoms with Crippen molar-refractivity contribution in [2.24, 2.45) is 0 Å². The number of aryl methyl sites for hydroxylation is 1. The highest BCUT2D eigenvalue weighted by molar-refractivity contribution is 7.10. The largest absolute Gasteiger partial charge is 0.459 e. The molecule has 7 heteroatoms. The fraction of sp³-hybridized carbons (Fsp3) is 0.385. The predicted molar refractivity (Wildman–Crippen MR) is 128 cm³/mol. The summed E-state index contributed by atoms with van der Waals surface area (Å²) in [6.45, 7) is 5.80. The number of rotatable bonds is 4. The van der Waals surface area contributed by atoms with Gasteiger partial charge in [0.25, 0.3) is 5.91 Å². The quantitative estimate of drug-likeness (QED) is 0.588. The van der Waals surface area contributed by atoms with E-state index in [9.17, 15) is 9.59 Å². The topological polar surface area (TPSA) is 57.0 Å². The summed E-state index contributed by atoms with van der Waals surface area (Å²) in [5.41, 5.74) is 3.86. The van der Waals surface area contributed by atoms with Gasteiger partial charge in [-0.15, -0.1) is 11.3 Å². The molecule has 172 valence electrons. The van der Waals surface area contributed by atoms with Crippen molar-refractivity contribution in [3.63, 3.8) is 0 Å². The molecule has 1 saturated heterocycles. The summed E-state index contributed by atoms with van der Waals surface area (Å²) in [5.74, 6) is 0.394. The van der Waals surface area contributed by atoms with Crippen LogP contribution in [0.25, 0.3) is 0 Å². The second kappa shape index (κ2) is 9.53. The van der Waals surface area contributed by atoms with Gasteiger partial charge in [-0.2, -0.15) is 0 Å². The predicted octanol–water partition coefficient (Wildman–Crippen LogP) is 3.97. The Bertz CT molecular complexity index is 1120. The summed E-state index contributed by atoms with van der Waals surface area (Å²) in [7, 11) is 0. The van der Waals surface area contributed by atoms with Crippen LogP contribution in [-0.2, 0) is 11.2 Å². The van der Waals surface area contributed by atoms with E-state index in [1.165, 1.54) is 27.8 Å². The first-order valence-electron chi connectivity index (χ1n) is 11.6. The van der Waals surface area contributed by atoms with Gasteiger partial charge in [0.1, 0.15) is 0 Å². The van der Waals surface area contributed by atoms with Crippen LogP contribution < -0.4 is 0 Å².